The van der Waals surface area contributed by atoms with Crippen LogP contribution in [-0.2, 0) is 4.79 Å². The number of anilines is 1. The molecule has 0 bridgehead atoms. The summed E-state index contributed by atoms with van der Waals surface area (Å²) < 4.78 is 0. The van der Waals surface area contributed by atoms with Crippen molar-refractivity contribution in [2.75, 3.05) is 11.9 Å². The number of rotatable bonds is 2. The lowest BCUT2D eigenvalue weighted by molar-refractivity contribution is -0.120. The first-order valence-electron chi connectivity index (χ1n) is 5.47. The summed E-state index contributed by atoms with van der Waals surface area (Å²) in [6, 6.07) is 2.71. The molecule has 0 unspecified atom stereocenters. The highest BCUT2D eigenvalue weighted by molar-refractivity contribution is 7.14. The standard InChI is InChI=1S/C12H17NOS/c1-9-7-8-15-12(9)13(2)10-3-5-11(14)6-4-10/h7-8,10H,3-6H2,1-2H3. The van der Waals surface area contributed by atoms with E-state index in [1.165, 1.54) is 10.6 Å². The molecule has 0 N–H and O–H groups in total. The molecule has 0 amide bonds. The van der Waals surface area contributed by atoms with Crippen molar-refractivity contribution in [3.8, 4) is 0 Å². The summed E-state index contributed by atoms with van der Waals surface area (Å²) in [6.45, 7) is 2.15. The number of hydrogen-bond acceptors (Lipinski definition) is 3. The van der Waals surface area contributed by atoms with E-state index in [-0.39, 0.29) is 0 Å². The smallest absolute Gasteiger partial charge is 0.133 e. The molecule has 0 atom stereocenters. The fourth-order valence-corrected chi connectivity index (χ4v) is 3.17. The number of thiophene rings is 1. The topological polar surface area (TPSA) is 20.3 Å². The Morgan fingerprint density at radius 2 is 2.07 bits per heavy atom. The zero-order chi connectivity index (χ0) is 10.8. The van der Waals surface area contributed by atoms with Crippen molar-refractivity contribution < 1.29 is 4.79 Å². The number of nitrogens with zero attached hydrogens (tertiary/aromatic N) is 1. The quantitative estimate of drug-likeness (QED) is 0.768. The maximum Gasteiger partial charge on any atom is 0.133 e. The van der Waals surface area contributed by atoms with E-state index < -0.39 is 0 Å². The van der Waals surface area contributed by atoms with Gasteiger partial charge in [-0.1, -0.05) is 0 Å². The summed E-state index contributed by atoms with van der Waals surface area (Å²) in [4.78, 5) is 13.5. The molecule has 0 aliphatic heterocycles. The Bertz CT molecular complexity index is 348. The molecule has 82 valence electrons. The predicted molar refractivity (Wildman–Crippen MR) is 64.7 cm³/mol. The average molecular weight is 223 g/mol. The number of Topliss-reactive ketones (excluding diaryl/α,β-unsaturated/α-hetero) is 1. The minimum Gasteiger partial charge on any atom is -0.363 e. The molecule has 1 aromatic rings. The zero-order valence-corrected chi connectivity index (χ0v) is 10.1. The third kappa shape index (κ3) is 2.23. The minimum atomic E-state index is 0.433. The molecular weight excluding hydrogens is 206 g/mol. The summed E-state index contributed by atoms with van der Waals surface area (Å²) in [5, 5.41) is 3.49. The lowest BCUT2D eigenvalue weighted by atomic mass is 9.93. The lowest BCUT2D eigenvalue weighted by Gasteiger charge is -2.31. The maximum atomic E-state index is 11.2. The van der Waals surface area contributed by atoms with Crippen molar-refractivity contribution in [3.05, 3.63) is 17.0 Å². The lowest BCUT2D eigenvalue weighted by Crippen LogP contribution is -2.35. The largest absolute Gasteiger partial charge is 0.363 e. The Balaban J connectivity index is 2.05. The number of hydrogen-bond donors (Lipinski definition) is 0. The van der Waals surface area contributed by atoms with Crippen LogP contribution in [0.5, 0.6) is 0 Å². The number of ketones is 1. The number of carbonyl (C=O) groups excluding carboxylic acids is 1. The van der Waals surface area contributed by atoms with Gasteiger partial charge in [0.05, 0.1) is 5.00 Å². The van der Waals surface area contributed by atoms with E-state index in [0.29, 0.717) is 11.8 Å². The average Bonchev–Trinajstić information content (AvgIpc) is 2.65. The Morgan fingerprint density at radius 1 is 1.40 bits per heavy atom. The van der Waals surface area contributed by atoms with Crippen molar-refractivity contribution in [1.29, 1.82) is 0 Å². The normalized spacial score (nSPS) is 18.1. The van der Waals surface area contributed by atoms with Crippen LogP contribution in [0.4, 0.5) is 5.00 Å². The first kappa shape index (κ1) is 10.7. The first-order chi connectivity index (χ1) is 7.18. The summed E-state index contributed by atoms with van der Waals surface area (Å²) in [7, 11) is 2.15. The highest BCUT2D eigenvalue weighted by Gasteiger charge is 2.23. The van der Waals surface area contributed by atoms with Gasteiger partial charge in [-0.25, -0.2) is 0 Å². The van der Waals surface area contributed by atoms with Gasteiger partial charge in [0.2, 0.25) is 0 Å². The van der Waals surface area contributed by atoms with Crippen molar-refractivity contribution in [2.45, 2.75) is 38.6 Å². The molecule has 1 heterocycles. The number of aryl methyl sites for hydroxylation is 1. The van der Waals surface area contributed by atoms with E-state index in [0.717, 1.165) is 25.7 Å². The highest BCUT2D eigenvalue weighted by atomic mass is 32.1. The van der Waals surface area contributed by atoms with Crippen LogP contribution >= 0.6 is 11.3 Å². The van der Waals surface area contributed by atoms with Gasteiger partial charge < -0.3 is 4.90 Å². The van der Waals surface area contributed by atoms with Crippen LogP contribution in [0.1, 0.15) is 31.2 Å². The molecule has 0 aromatic carbocycles. The highest BCUT2D eigenvalue weighted by Crippen LogP contribution is 2.31. The molecule has 3 heteroatoms. The second-order valence-electron chi connectivity index (χ2n) is 4.29. The molecule has 15 heavy (non-hydrogen) atoms. The SMILES string of the molecule is Cc1ccsc1N(C)C1CCC(=O)CC1. The van der Waals surface area contributed by atoms with Gasteiger partial charge in [0.15, 0.2) is 0 Å². The van der Waals surface area contributed by atoms with Crippen LogP contribution in [-0.4, -0.2) is 18.9 Å². The molecule has 1 aliphatic carbocycles. The molecule has 1 aliphatic rings. The van der Waals surface area contributed by atoms with E-state index >= 15 is 0 Å². The monoisotopic (exact) mass is 223 g/mol. The third-order valence-corrected chi connectivity index (χ3v) is 4.32. The third-order valence-electron chi connectivity index (χ3n) is 3.22. The number of carbonyl (C=O) groups is 1. The molecule has 2 nitrogen and oxygen atoms in total. The van der Waals surface area contributed by atoms with Crippen molar-refractivity contribution in [3.63, 3.8) is 0 Å². The van der Waals surface area contributed by atoms with E-state index in [1.54, 1.807) is 11.3 Å². The maximum absolute atomic E-state index is 11.2. The van der Waals surface area contributed by atoms with Gasteiger partial charge in [0, 0.05) is 25.9 Å². The Morgan fingerprint density at radius 3 is 2.60 bits per heavy atom. The Hall–Kier alpha value is -0.830. The molecular formula is C12H17NOS. The summed E-state index contributed by atoms with van der Waals surface area (Å²) >= 11 is 1.79. The van der Waals surface area contributed by atoms with Crippen LogP contribution in [0.2, 0.25) is 0 Å². The second-order valence-corrected chi connectivity index (χ2v) is 5.18. The summed E-state index contributed by atoms with van der Waals surface area (Å²) in [5.74, 6) is 0.433. The van der Waals surface area contributed by atoms with E-state index in [1.807, 2.05) is 0 Å². The second kappa shape index (κ2) is 4.35. The van der Waals surface area contributed by atoms with Gasteiger partial charge in [-0.3, -0.25) is 4.79 Å². The molecule has 1 saturated carbocycles. The van der Waals surface area contributed by atoms with Crippen molar-refractivity contribution in [2.24, 2.45) is 0 Å². The molecule has 2 rings (SSSR count). The fraction of sp³-hybridized carbons (Fsp3) is 0.583. The van der Waals surface area contributed by atoms with Crippen LogP contribution < -0.4 is 4.90 Å². The molecule has 0 saturated heterocycles. The molecule has 0 spiro atoms. The van der Waals surface area contributed by atoms with Gasteiger partial charge in [0.1, 0.15) is 5.78 Å². The predicted octanol–water partition coefficient (Wildman–Crippen LogP) is 3.00. The summed E-state index contributed by atoms with van der Waals surface area (Å²) in [5.41, 5.74) is 1.35. The van der Waals surface area contributed by atoms with E-state index in [9.17, 15) is 4.79 Å². The molecule has 0 radical (unpaired) electrons. The van der Waals surface area contributed by atoms with Gasteiger partial charge in [-0.15, -0.1) is 11.3 Å². The van der Waals surface area contributed by atoms with Crippen LogP contribution in [0.3, 0.4) is 0 Å². The minimum absolute atomic E-state index is 0.433. The van der Waals surface area contributed by atoms with Crippen LogP contribution in [0.25, 0.3) is 0 Å². The Labute approximate surface area is 94.9 Å². The zero-order valence-electron chi connectivity index (χ0n) is 9.32. The first-order valence-corrected chi connectivity index (χ1v) is 6.35. The van der Waals surface area contributed by atoms with Crippen molar-refractivity contribution >= 4 is 22.1 Å². The van der Waals surface area contributed by atoms with Crippen LogP contribution in [0.15, 0.2) is 11.4 Å². The fourth-order valence-electron chi connectivity index (χ4n) is 2.20. The van der Waals surface area contributed by atoms with E-state index in [2.05, 4.69) is 30.3 Å². The summed E-state index contributed by atoms with van der Waals surface area (Å²) in [6.07, 6.45) is 3.57. The van der Waals surface area contributed by atoms with Gasteiger partial charge >= 0.3 is 0 Å². The molecule has 1 fully saturated rings. The van der Waals surface area contributed by atoms with Gasteiger partial charge in [-0.05, 0) is 36.8 Å². The van der Waals surface area contributed by atoms with Gasteiger partial charge in [-0.2, -0.15) is 0 Å². The van der Waals surface area contributed by atoms with E-state index in [4.69, 9.17) is 0 Å². The van der Waals surface area contributed by atoms with Crippen molar-refractivity contribution in [1.82, 2.24) is 0 Å². The Kier molecular flexibility index (Phi) is 3.10. The molecule has 1 aromatic heterocycles. The van der Waals surface area contributed by atoms with Crippen LogP contribution in [0, 0.1) is 6.92 Å². The van der Waals surface area contributed by atoms with Gasteiger partial charge in [0.25, 0.3) is 0 Å².